The predicted molar refractivity (Wildman–Crippen MR) is 76.8 cm³/mol. The van der Waals surface area contributed by atoms with Crippen LogP contribution in [0.4, 0.5) is 0 Å². The van der Waals surface area contributed by atoms with Crippen LogP contribution in [0.2, 0.25) is 0 Å². The van der Waals surface area contributed by atoms with E-state index in [1.165, 1.54) is 12.8 Å². The van der Waals surface area contributed by atoms with Crippen molar-refractivity contribution in [1.29, 1.82) is 0 Å². The van der Waals surface area contributed by atoms with Crippen molar-refractivity contribution in [3.63, 3.8) is 0 Å². The van der Waals surface area contributed by atoms with E-state index in [2.05, 4.69) is 22.3 Å². The van der Waals surface area contributed by atoms with E-state index < -0.39 is 0 Å². The summed E-state index contributed by atoms with van der Waals surface area (Å²) in [5.74, 6) is 0.798. The molecule has 1 aliphatic rings. The van der Waals surface area contributed by atoms with Gasteiger partial charge in [0.15, 0.2) is 11.5 Å². The quantitative estimate of drug-likeness (QED) is 0.913. The van der Waals surface area contributed by atoms with Crippen LogP contribution in [0.1, 0.15) is 30.3 Å². The number of nitrogens with one attached hydrogen (secondary N) is 1. The van der Waals surface area contributed by atoms with Gasteiger partial charge in [-0.25, -0.2) is 0 Å². The maximum atomic E-state index is 12.1. The Bertz CT molecular complexity index is 585. The van der Waals surface area contributed by atoms with Crippen LogP contribution in [0.3, 0.4) is 0 Å². The van der Waals surface area contributed by atoms with Crippen molar-refractivity contribution < 1.29 is 13.7 Å². The van der Waals surface area contributed by atoms with Crippen molar-refractivity contribution in [1.82, 2.24) is 15.4 Å². The van der Waals surface area contributed by atoms with Crippen molar-refractivity contribution in [3.05, 3.63) is 30.2 Å². The highest BCUT2D eigenvalue weighted by molar-refractivity contribution is 5.92. The van der Waals surface area contributed by atoms with Gasteiger partial charge in [-0.15, -0.1) is 0 Å². The molecular formula is C15H19N3O3. The van der Waals surface area contributed by atoms with Crippen LogP contribution in [0.15, 0.2) is 33.4 Å². The Morgan fingerprint density at radius 2 is 2.24 bits per heavy atom. The average Bonchev–Trinajstić information content (AvgIpc) is 3.25. The molecule has 0 saturated carbocycles. The third-order valence-corrected chi connectivity index (χ3v) is 3.83. The van der Waals surface area contributed by atoms with E-state index in [0.29, 0.717) is 24.1 Å². The van der Waals surface area contributed by atoms with Gasteiger partial charge in [-0.05, 0) is 45.0 Å². The van der Waals surface area contributed by atoms with Gasteiger partial charge in [0.05, 0.1) is 6.26 Å². The first kappa shape index (κ1) is 13.9. The number of carbonyl (C=O) groups is 1. The number of furan rings is 1. The normalized spacial score (nSPS) is 17.0. The fourth-order valence-corrected chi connectivity index (χ4v) is 2.56. The van der Waals surface area contributed by atoms with Gasteiger partial charge in [-0.2, -0.15) is 0 Å². The minimum absolute atomic E-state index is 0.220. The second-order valence-electron chi connectivity index (χ2n) is 5.36. The molecule has 1 amide bonds. The van der Waals surface area contributed by atoms with Crippen LogP contribution < -0.4 is 5.32 Å². The summed E-state index contributed by atoms with van der Waals surface area (Å²) in [7, 11) is 0. The van der Waals surface area contributed by atoms with Crippen LogP contribution in [0.25, 0.3) is 11.5 Å². The number of hydrogen-bond acceptors (Lipinski definition) is 5. The number of rotatable bonds is 5. The summed E-state index contributed by atoms with van der Waals surface area (Å²) in [5.41, 5.74) is 0.273. The molecule has 21 heavy (non-hydrogen) atoms. The first-order chi connectivity index (χ1) is 10.2. The standard InChI is InChI=1S/C15H19N3O3/c1-11(18-6-2-3-7-18)10-16-15(19)12-9-14(21-17-12)13-5-4-8-20-13/h4-5,8-9,11H,2-3,6-7,10H2,1H3,(H,16,19)/t11-/m1/s1. The van der Waals surface area contributed by atoms with E-state index in [0.717, 1.165) is 13.1 Å². The van der Waals surface area contributed by atoms with E-state index in [1.54, 1.807) is 24.5 Å². The maximum absolute atomic E-state index is 12.1. The van der Waals surface area contributed by atoms with Crippen molar-refractivity contribution in [3.8, 4) is 11.5 Å². The van der Waals surface area contributed by atoms with Crippen molar-refractivity contribution >= 4 is 5.91 Å². The number of likely N-dealkylation sites (tertiary alicyclic amines) is 1. The first-order valence-corrected chi connectivity index (χ1v) is 7.27. The smallest absolute Gasteiger partial charge is 0.273 e. The summed E-state index contributed by atoms with van der Waals surface area (Å²) in [6.45, 7) is 4.97. The summed E-state index contributed by atoms with van der Waals surface area (Å²) in [5, 5.41) is 6.69. The van der Waals surface area contributed by atoms with Gasteiger partial charge in [-0.1, -0.05) is 5.16 Å². The zero-order valence-corrected chi connectivity index (χ0v) is 12.0. The molecule has 6 nitrogen and oxygen atoms in total. The molecule has 2 aromatic heterocycles. The van der Waals surface area contributed by atoms with Gasteiger partial charge >= 0.3 is 0 Å². The number of aromatic nitrogens is 1. The Morgan fingerprint density at radius 1 is 1.43 bits per heavy atom. The number of carbonyl (C=O) groups excluding carboxylic acids is 1. The van der Waals surface area contributed by atoms with E-state index in [-0.39, 0.29) is 11.6 Å². The van der Waals surface area contributed by atoms with E-state index in [1.807, 2.05) is 0 Å². The summed E-state index contributed by atoms with van der Waals surface area (Å²) in [6, 6.07) is 5.45. The topological polar surface area (TPSA) is 71.5 Å². The molecule has 0 aromatic carbocycles. The Morgan fingerprint density at radius 3 is 2.95 bits per heavy atom. The molecule has 1 atom stereocenters. The van der Waals surface area contributed by atoms with Crippen molar-refractivity contribution in [2.45, 2.75) is 25.8 Å². The molecule has 1 saturated heterocycles. The maximum Gasteiger partial charge on any atom is 0.273 e. The Balaban J connectivity index is 1.55. The minimum Gasteiger partial charge on any atom is -0.461 e. The molecule has 112 valence electrons. The molecule has 6 heteroatoms. The Labute approximate surface area is 123 Å². The molecule has 2 aromatic rings. The molecule has 3 rings (SSSR count). The molecule has 1 aliphatic heterocycles. The van der Waals surface area contributed by atoms with Gasteiger partial charge in [0.25, 0.3) is 5.91 Å². The first-order valence-electron chi connectivity index (χ1n) is 7.27. The molecule has 0 aliphatic carbocycles. The number of amides is 1. The highest BCUT2D eigenvalue weighted by Crippen LogP contribution is 2.20. The average molecular weight is 289 g/mol. The molecular weight excluding hydrogens is 270 g/mol. The fourth-order valence-electron chi connectivity index (χ4n) is 2.56. The summed E-state index contributed by atoms with van der Waals surface area (Å²) < 4.78 is 10.3. The van der Waals surface area contributed by atoms with Crippen LogP contribution in [-0.4, -0.2) is 41.6 Å². The SMILES string of the molecule is C[C@H](CNC(=O)c1cc(-c2ccco2)on1)N1CCCC1. The number of hydrogen-bond donors (Lipinski definition) is 1. The third-order valence-electron chi connectivity index (χ3n) is 3.83. The van der Waals surface area contributed by atoms with E-state index >= 15 is 0 Å². The van der Waals surface area contributed by atoms with Crippen molar-refractivity contribution in [2.75, 3.05) is 19.6 Å². The molecule has 0 radical (unpaired) electrons. The van der Waals surface area contributed by atoms with Crippen LogP contribution in [-0.2, 0) is 0 Å². The zero-order valence-electron chi connectivity index (χ0n) is 12.0. The fraction of sp³-hybridized carbons (Fsp3) is 0.467. The highest BCUT2D eigenvalue weighted by atomic mass is 16.5. The van der Waals surface area contributed by atoms with Crippen LogP contribution >= 0.6 is 0 Å². The van der Waals surface area contributed by atoms with Crippen molar-refractivity contribution in [2.24, 2.45) is 0 Å². The predicted octanol–water partition coefficient (Wildman–Crippen LogP) is 2.15. The largest absolute Gasteiger partial charge is 0.461 e. The second kappa shape index (κ2) is 6.13. The van der Waals surface area contributed by atoms with Crippen LogP contribution in [0.5, 0.6) is 0 Å². The van der Waals surface area contributed by atoms with E-state index in [4.69, 9.17) is 8.94 Å². The lowest BCUT2D eigenvalue weighted by molar-refractivity contribution is 0.0931. The summed E-state index contributed by atoms with van der Waals surface area (Å²) in [4.78, 5) is 14.5. The molecule has 1 N–H and O–H groups in total. The molecule has 0 spiro atoms. The highest BCUT2D eigenvalue weighted by Gasteiger charge is 2.20. The summed E-state index contributed by atoms with van der Waals surface area (Å²) in [6.07, 6.45) is 4.04. The van der Waals surface area contributed by atoms with E-state index in [9.17, 15) is 4.79 Å². The zero-order chi connectivity index (χ0) is 14.7. The lowest BCUT2D eigenvalue weighted by atomic mass is 10.2. The van der Waals surface area contributed by atoms with Gasteiger partial charge in [0.2, 0.25) is 5.76 Å². The summed E-state index contributed by atoms with van der Waals surface area (Å²) >= 11 is 0. The lowest BCUT2D eigenvalue weighted by Gasteiger charge is -2.23. The van der Waals surface area contributed by atoms with Crippen LogP contribution in [0, 0.1) is 0 Å². The molecule has 3 heterocycles. The Kier molecular flexibility index (Phi) is 4.06. The molecule has 1 fully saturated rings. The van der Waals surface area contributed by atoms with Gasteiger partial charge in [0, 0.05) is 18.7 Å². The van der Waals surface area contributed by atoms with Gasteiger partial charge < -0.3 is 14.3 Å². The minimum atomic E-state index is -0.220. The monoisotopic (exact) mass is 289 g/mol. The Hall–Kier alpha value is -2.08. The number of nitrogens with zero attached hydrogens (tertiary/aromatic N) is 2. The van der Waals surface area contributed by atoms with Gasteiger partial charge in [0.1, 0.15) is 0 Å². The molecule has 0 unspecified atom stereocenters. The third kappa shape index (κ3) is 3.16. The molecule has 0 bridgehead atoms. The van der Waals surface area contributed by atoms with Gasteiger partial charge in [-0.3, -0.25) is 9.69 Å². The lowest BCUT2D eigenvalue weighted by Crippen LogP contribution is -2.40. The second-order valence-corrected chi connectivity index (χ2v) is 5.36.